The maximum absolute atomic E-state index is 12.2. The molecule has 2 N–H and O–H groups in total. The predicted molar refractivity (Wildman–Crippen MR) is 93.0 cm³/mol. The van der Waals surface area contributed by atoms with Crippen LogP contribution in [0.15, 0.2) is 53.4 Å². The van der Waals surface area contributed by atoms with Gasteiger partial charge in [0, 0.05) is 10.7 Å². The number of carbonyl (C=O) groups excluding carboxylic acids is 1. The smallest absolute Gasteiger partial charge is 0.406 e. The number of hydrogen-bond donors (Lipinski definition) is 2. The lowest BCUT2D eigenvalue weighted by molar-refractivity contribution is -0.274. The molecule has 0 saturated carbocycles. The molecule has 0 aliphatic rings. The van der Waals surface area contributed by atoms with Gasteiger partial charge in [0.25, 0.3) is 0 Å². The van der Waals surface area contributed by atoms with Gasteiger partial charge in [-0.2, -0.15) is 4.72 Å². The molecule has 1 atom stereocenters. The molecule has 0 aromatic heterocycles. The van der Waals surface area contributed by atoms with Gasteiger partial charge in [-0.1, -0.05) is 11.6 Å². The molecule has 0 saturated heterocycles. The third-order valence-electron chi connectivity index (χ3n) is 3.20. The second kappa shape index (κ2) is 8.15. The van der Waals surface area contributed by atoms with E-state index in [1.165, 1.54) is 43.3 Å². The minimum atomic E-state index is -4.82. The van der Waals surface area contributed by atoms with E-state index < -0.39 is 34.1 Å². The standard InChI is InChI=1S/C16H14ClF3N2O4S/c1-10(22-27(24,25)14-8-2-11(17)3-9-14)15(23)21-12-4-6-13(7-5-12)26-16(18,19)20/h2-10,22H,1H3,(H,21,23). The summed E-state index contributed by atoms with van der Waals surface area (Å²) in [7, 11) is -3.96. The van der Waals surface area contributed by atoms with Crippen molar-refractivity contribution >= 4 is 33.2 Å². The van der Waals surface area contributed by atoms with E-state index in [0.717, 1.165) is 12.1 Å². The van der Waals surface area contributed by atoms with Crippen LogP contribution >= 0.6 is 11.6 Å². The maximum atomic E-state index is 12.2. The summed E-state index contributed by atoms with van der Waals surface area (Å²) in [6.07, 6.45) is -4.82. The summed E-state index contributed by atoms with van der Waals surface area (Å²) < 4.78 is 66.7. The number of rotatable bonds is 6. The number of anilines is 1. The van der Waals surface area contributed by atoms with Gasteiger partial charge in [0.05, 0.1) is 10.9 Å². The van der Waals surface area contributed by atoms with Crippen LogP contribution in [0.4, 0.5) is 18.9 Å². The molecular formula is C16H14ClF3N2O4S. The second-order valence-corrected chi connectivity index (χ2v) is 7.51. The molecule has 146 valence electrons. The van der Waals surface area contributed by atoms with Crippen LogP contribution in [0, 0.1) is 0 Å². The topological polar surface area (TPSA) is 84.5 Å². The Morgan fingerprint density at radius 1 is 1.07 bits per heavy atom. The number of amides is 1. The lowest BCUT2D eigenvalue weighted by Gasteiger charge is -2.15. The Kier molecular flexibility index (Phi) is 6.34. The average Bonchev–Trinajstić information content (AvgIpc) is 2.55. The fourth-order valence-electron chi connectivity index (χ4n) is 1.96. The van der Waals surface area contributed by atoms with Crippen molar-refractivity contribution in [2.24, 2.45) is 0 Å². The predicted octanol–water partition coefficient (Wildman–Crippen LogP) is 3.54. The minimum absolute atomic E-state index is 0.0693. The van der Waals surface area contributed by atoms with Crippen LogP contribution in [-0.4, -0.2) is 26.7 Å². The van der Waals surface area contributed by atoms with Gasteiger partial charge < -0.3 is 10.1 Å². The third kappa shape index (κ3) is 6.42. The molecule has 6 nitrogen and oxygen atoms in total. The SMILES string of the molecule is CC(NS(=O)(=O)c1ccc(Cl)cc1)C(=O)Nc1ccc(OC(F)(F)F)cc1. The molecule has 0 radical (unpaired) electrons. The largest absolute Gasteiger partial charge is 0.573 e. The molecule has 2 aromatic rings. The van der Waals surface area contributed by atoms with Crippen molar-refractivity contribution in [3.8, 4) is 5.75 Å². The van der Waals surface area contributed by atoms with E-state index >= 15 is 0 Å². The molecule has 27 heavy (non-hydrogen) atoms. The Bertz CT molecular complexity index is 901. The molecule has 2 rings (SSSR count). The van der Waals surface area contributed by atoms with Gasteiger partial charge in [-0.3, -0.25) is 4.79 Å². The van der Waals surface area contributed by atoms with Gasteiger partial charge in [-0.05, 0) is 55.5 Å². The highest BCUT2D eigenvalue weighted by Crippen LogP contribution is 2.24. The number of halogens is 4. The first kappa shape index (κ1) is 21.0. The van der Waals surface area contributed by atoms with Crippen molar-refractivity contribution in [1.29, 1.82) is 0 Å². The average molecular weight is 423 g/mol. The molecule has 0 heterocycles. The van der Waals surface area contributed by atoms with Crippen molar-refractivity contribution in [2.75, 3.05) is 5.32 Å². The van der Waals surface area contributed by atoms with Gasteiger partial charge in [0.1, 0.15) is 5.75 Å². The first-order valence-electron chi connectivity index (χ1n) is 7.41. The normalized spacial score (nSPS) is 13.1. The maximum Gasteiger partial charge on any atom is 0.573 e. The van der Waals surface area contributed by atoms with Gasteiger partial charge in [0.2, 0.25) is 15.9 Å². The Labute approximate surface area is 158 Å². The number of hydrogen-bond acceptors (Lipinski definition) is 4. The van der Waals surface area contributed by atoms with Crippen LogP contribution in [0.5, 0.6) is 5.75 Å². The highest BCUT2D eigenvalue weighted by Gasteiger charge is 2.31. The van der Waals surface area contributed by atoms with E-state index in [1.807, 2.05) is 0 Å². The fourth-order valence-corrected chi connectivity index (χ4v) is 3.29. The van der Waals surface area contributed by atoms with Crippen LogP contribution in [0.1, 0.15) is 6.92 Å². The van der Waals surface area contributed by atoms with E-state index in [9.17, 15) is 26.4 Å². The Balaban J connectivity index is 2.00. The van der Waals surface area contributed by atoms with Crippen molar-refractivity contribution in [1.82, 2.24) is 4.72 Å². The number of sulfonamides is 1. The van der Waals surface area contributed by atoms with Gasteiger partial charge in [-0.25, -0.2) is 8.42 Å². The van der Waals surface area contributed by atoms with Gasteiger partial charge >= 0.3 is 6.36 Å². The summed E-state index contributed by atoms with van der Waals surface area (Å²) in [5.41, 5.74) is 0.173. The number of carbonyl (C=O) groups is 1. The summed E-state index contributed by atoms with van der Waals surface area (Å²) in [5, 5.41) is 2.75. The molecule has 1 amide bonds. The summed E-state index contributed by atoms with van der Waals surface area (Å²) >= 11 is 5.70. The third-order valence-corrected chi connectivity index (χ3v) is 5.01. The van der Waals surface area contributed by atoms with E-state index in [2.05, 4.69) is 14.8 Å². The molecule has 0 bridgehead atoms. The lowest BCUT2D eigenvalue weighted by Crippen LogP contribution is -2.41. The van der Waals surface area contributed by atoms with E-state index in [4.69, 9.17) is 11.6 Å². The summed E-state index contributed by atoms with van der Waals surface area (Å²) in [5.74, 6) is -1.14. The van der Waals surface area contributed by atoms with Crippen molar-refractivity contribution in [3.63, 3.8) is 0 Å². The first-order valence-corrected chi connectivity index (χ1v) is 9.27. The molecule has 0 aliphatic heterocycles. The Morgan fingerprint density at radius 3 is 2.15 bits per heavy atom. The summed E-state index contributed by atoms with van der Waals surface area (Å²) in [6, 6.07) is 8.65. The number of nitrogens with one attached hydrogen (secondary N) is 2. The highest BCUT2D eigenvalue weighted by atomic mass is 35.5. The second-order valence-electron chi connectivity index (χ2n) is 5.36. The minimum Gasteiger partial charge on any atom is -0.406 e. The molecular weight excluding hydrogens is 409 g/mol. The van der Waals surface area contributed by atoms with Gasteiger partial charge in [0.15, 0.2) is 0 Å². The van der Waals surface area contributed by atoms with Crippen LogP contribution < -0.4 is 14.8 Å². The molecule has 0 spiro atoms. The molecule has 1 unspecified atom stereocenters. The Morgan fingerprint density at radius 2 is 1.63 bits per heavy atom. The molecule has 0 aliphatic carbocycles. The molecule has 11 heteroatoms. The molecule has 0 fully saturated rings. The fraction of sp³-hybridized carbons (Fsp3) is 0.188. The van der Waals surface area contributed by atoms with Crippen LogP contribution in [-0.2, 0) is 14.8 Å². The first-order chi connectivity index (χ1) is 12.5. The van der Waals surface area contributed by atoms with Crippen molar-refractivity contribution in [2.45, 2.75) is 24.2 Å². The number of benzene rings is 2. The zero-order valence-electron chi connectivity index (χ0n) is 13.7. The van der Waals surface area contributed by atoms with E-state index in [1.54, 1.807) is 0 Å². The van der Waals surface area contributed by atoms with Crippen LogP contribution in [0.3, 0.4) is 0 Å². The lowest BCUT2D eigenvalue weighted by atomic mass is 10.2. The van der Waals surface area contributed by atoms with Crippen molar-refractivity contribution < 1.29 is 31.1 Å². The summed E-state index contributed by atoms with van der Waals surface area (Å²) in [4.78, 5) is 12.0. The quantitative estimate of drug-likeness (QED) is 0.745. The van der Waals surface area contributed by atoms with E-state index in [0.29, 0.717) is 5.02 Å². The van der Waals surface area contributed by atoms with E-state index in [-0.39, 0.29) is 10.6 Å². The zero-order valence-corrected chi connectivity index (χ0v) is 15.3. The van der Waals surface area contributed by atoms with Gasteiger partial charge in [-0.15, -0.1) is 13.2 Å². The number of alkyl halides is 3. The molecule has 2 aromatic carbocycles. The highest BCUT2D eigenvalue weighted by molar-refractivity contribution is 7.89. The zero-order chi connectivity index (χ0) is 20.2. The summed E-state index contributed by atoms with van der Waals surface area (Å²) in [6.45, 7) is 1.32. The monoisotopic (exact) mass is 422 g/mol. The Hall–Kier alpha value is -2.30. The number of ether oxygens (including phenoxy) is 1. The van der Waals surface area contributed by atoms with Crippen molar-refractivity contribution in [3.05, 3.63) is 53.6 Å². The van der Waals surface area contributed by atoms with Crippen LogP contribution in [0.25, 0.3) is 0 Å². The van der Waals surface area contributed by atoms with Crippen LogP contribution in [0.2, 0.25) is 5.02 Å².